The first kappa shape index (κ1) is 19.2. The first-order chi connectivity index (χ1) is 13.5. The lowest BCUT2D eigenvalue weighted by molar-refractivity contribution is -0.131. The summed E-state index contributed by atoms with van der Waals surface area (Å²) in [6.45, 7) is 4.42. The molecule has 142 valence electrons. The Bertz CT molecular complexity index is 976. The highest BCUT2D eigenvalue weighted by molar-refractivity contribution is 5.85. The maximum absolute atomic E-state index is 10.6. The Kier molecular flexibility index (Phi) is 6.07. The predicted octanol–water partition coefficient (Wildman–Crippen LogP) is 5.17. The molecule has 1 aromatic heterocycles. The van der Waals surface area contributed by atoms with Gasteiger partial charge in [-0.3, -0.25) is 0 Å². The lowest BCUT2D eigenvalue weighted by Crippen LogP contribution is -1.96. The van der Waals surface area contributed by atoms with Gasteiger partial charge >= 0.3 is 5.97 Å². The fourth-order valence-corrected chi connectivity index (χ4v) is 2.53. The van der Waals surface area contributed by atoms with E-state index in [0.717, 1.165) is 22.8 Å². The van der Waals surface area contributed by atoms with Crippen LogP contribution in [-0.4, -0.2) is 16.1 Å². The molecule has 0 aliphatic heterocycles. The fraction of sp³-hybridized carbons (Fsp3) is 0.130. The molecule has 0 saturated carbocycles. The monoisotopic (exact) mass is 375 g/mol. The summed E-state index contributed by atoms with van der Waals surface area (Å²) in [5.74, 6) is 0.804. The summed E-state index contributed by atoms with van der Waals surface area (Å²) in [5.41, 5.74) is 3.99. The van der Waals surface area contributed by atoms with E-state index in [1.54, 1.807) is 24.4 Å². The van der Waals surface area contributed by atoms with Crippen LogP contribution in [0.4, 0.5) is 0 Å². The molecule has 0 aliphatic carbocycles. The largest absolute Gasteiger partial charge is 0.487 e. The van der Waals surface area contributed by atoms with Gasteiger partial charge in [0.15, 0.2) is 0 Å². The molecular formula is C23H21NO4. The Morgan fingerprint density at radius 2 is 1.86 bits per heavy atom. The maximum atomic E-state index is 10.6. The van der Waals surface area contributed by atoms with Crippen molar-refractivity contribution in [3.05, 3.63) is 89.1 Å². The number of benzene rings is 2. The molecule has 0 atom stereocenters. The normalized spacial score (nSPS) is 10.8. The minimum absolute atomic E-state index is 0.458. The second-order valence-electron chi connectivity index (χ2n) is 6.40. The van der Waals surface area contributed by atoms with Crippen LogP contribution in [0.25, 0.3) is 6.08 Å². The molecule has 3 rings (SSSR count). The van der Waals surface area contributed by atoms with Gasteiger partial charge in [-0.05, 0) is 54.8 Å². The van der Waals surface area contributed by atoms with Gasteiger partial charge in [0, 0.05) is 12.1 Å². The van der Waals surface area contributed by atoms with Crippen LogP contribution in [0, 0.1) is 13.8 Å². The molecule has 0 spiro atoms. The molecule has 1 heterocycles. The minimum Gasteiger partial charge on any atom is -0.487 e. The number of hydrogen-bond acceptors (Lipinski definition) is 4. The molecule has 3 aromatic rings. The third-order valence-corrected chi connectivity index (χ3v) is 4.07. The first-order valence-corrected chi connectivity index (χ1v) is 8.83. The van der Waals surface area contributed by atoms with Crippen molar-refractivity contribution in [1.29, 1.82) is 0 Å². The summed E-state index contributed by atoms with van der Waals surface area (Å²) in [5, 5.41) is 8.70. The quantitative estimate of drug-likeness (QED) is 0.577. The fourth-order valence-electron chi connectivity index (χ4n) is 2.53. The Labute approximate surface area is 163 Å². The SMILES string of the molecule is Cc1ccc(COc2ccc(Oc3ccc(C=CC(=O)O)cc3C)nc2)cc1. The van der Waals surface area contributed by atoms with E-state index >= 15 is 0 Å². The van der Waals surface area contributed by atoms with Crippen LogP contribution in [0.1, 0.15) is 22.3 Å². The zero-order chi connectivity index (χ0) is 19.9. The average molecular weight is 375 g/mol. The van der Waals surface area contributed by atoms with Gasteiger partial charge in [0.05, 0.1) is 6.20 Å². The van der Waals surface area contributed by atoms with Crippen LogP contribution in [0.15, 0.2) is 66.9 Å². The third kappa shape index (κ3) is 5.45. The number of pyridine rings is 1. The van der Waals surface area contributed by atoms with Crippen molar-refractivity contribution >= 4 is 12.0 Å². The zero-order valence-corrected chi connectivity index (χ0v) is 15.8. The van der Waals surface area contributed by atoms with Crippen molar-refractivity contribution in [1.82, 2.24) is 4.98 Å². The highest BCUT2D eigenvalue weighted by Crippen LogP contribution is 2.26. The van der Waals surface area contributed by atoms with Gasteiger partial charge in [0.2, 0.25) is 5.88 Å². The van der Waals surface area contributed by atoms with Crippen molar-refractivity contribution in [3.8, 4) is 17.4 Å². The summed E-state index contributed by atoms with van der Waals surface area (Å²) >= 11 is 0. The van der Waals surface area contributed by atoms with Gasteiger partial charge in [-0.1, -0.05) is 35.9 Å². The molecule has 5 nitrogen and oxygen atoms in total. The van der Waals surface area contributed by atoms with Crippen LogP contribution in [0.2, 0.25) is 0 Å². The number of aliphatic carboxylic acids is 1. The Morgan fingerprint density at radius 3 is 2.50 bits per heavy atom. The van der Waals surface area contributed by atoms with Crippen molar-refractivity contribution in [2.24, 2.45) is 0 Å². The molecule has 0 amide bonds. The van der Waals surface area contributed by atoms with E-state index in [4.69, 9.17) is 14.6 Å². The van der Waals surface area contributed by atoms with E-state index in [0.29, 0.717) is 24.0 Å². The average Bonchev–Trinajstić information content (AvgIpc) is 2.69. The van der Waals surface area contributed by atoms with Crippen LogP contribution in [0.5, 0.6) is 17.4 Å². The Balaban J connectivity index is 1.60. The van der Waals surface area contributed by atoms with Crippen molar-refractivity contribution in [3.63, 3.8) is 0 Å². The Morgan fingerprint density at radius 1 is 1.07 bits per heavy atom. The molecule has 28 heavy (non-hydrogen) atoms. The molecule has 2 aromatic carbocycles. The van der Waals surface area contributed by atoms with E-state index in [9.17, 15) is 4.79 Å². The highest BCUT2D eigenvalue weighted by Gasteiger charge is 2.04. The van der Waals surface area contributed by atoms with Crippen LogP contribution < -0.4 is 9.47 Å². The standard InChI is InChI=1S/C23H21NO4/c1-16-3-5-19(6-4-16)15-27-20-9-11-22(24-14-20)28-21-10-7-18(13-17(21)2)8-12-23(25)26/h3-14H,15H2,1-2H3,(H,25,26). The molecule has 0 aliphatic rings. The summed E-state index contributed by atoms with van der Waals surface area (Å²) in [4.78, 5) is 14.9. The van der Waals surface area contributed by atoms with Crippen LogP contribution in [0.3, 0.4) is 0 Å². The smallest absolute Gasteiger partial charge is 0.328 e. The van der Waals surface area contributed by atoms with E-state index in [1.165, 1.54) is 11.6 Å². The van der Waals surface area contributed by atoms with Gasteiger partial charge in [-0.25, -0.2) is 9.78 Å². The van der Waals surface area contributed by atoms with Crippen molar-refractivity contribution in [2.45, 2.75) is 20.5 Å². The summed E-state index contributed by atoms with van der Waals surface area (Å²) in [6.07, 6.45) is 4.27. The second kappa shape index (κ2) is 8.86. The van der Waals surface area contributed by atoms with Crippen LogP contribution in [-0.2, 0) is 11.4 Å². The number of aryl methyl sites for hydroxylation is 2. The minimum atomic E-state index is -0.980. The molecule has 0 fully saturated rings. The van der Waals surface area contributed by atoms with E-state index < -0.39 is 5.97 Å². The molecule has 0 saturated heterocycles. The van der Waals surface area contributed by atoms with Gasteiger partial charge in [0.25, 0.3) is 0 Å². The predicted molar refractivity (Wildman–Crippen MR) is 108 cm³/mol. The number of rotatable bonds is 7. The molecule has 0 unspecified atom stereocenters. The van der Waals surface area contributed by atoms with Crippen molar-refractivity contribution < 1.29 is 19.4 Å². The van der Waals surface area contributed by atoms with Gasteiger partial charge in [-0.2, -0.15) is 0 Å². The summed E-state index contributed by atoms with van der Waals surface area (Å²) < 4.78 is 11.6. The number of hydrogen-bond donors (Lipinski definition) is 1. The summed E-state index contributed by atoms with van der Waals surface area (Å²) in [6, 6.07) is 17.2. The zero-order valence-electron chi connectivity index (χ0n) is 15.8. The number of ether oxygens (including phenoxy) is 2. The van der Waals surface area contributed by atoms with E-state index in [-0.39, 0.29) is 0 Å². The maximum Gasteiger partial charge on any atom is 0.328 e. The van der Waals surface area contributed by atoms with Gasteiger partial charge < -0.3 is 14.6 Å². The van der Waals surface area contributed by atoms with Gasteiger partial charge in [-0.15, -0.1) is 0 Å². The second-order valence-corrected chi connectivity index (χ2v) is 6.40. The number of carboxylic acid groups (broad SMARTS) is 1. The lowest BCUT2D eigenvalue weighted by atomic mass is 10.1. The molecule has 1 N–H and O–H groups in total. The molecule has 0 bridgehead atoms. The number of carbonyl (C=O) groups is 1. The van der Waals surface area contributed by atoms with Gasteiger partial charge in [0.1, 0.15) is 18.1 Å². The first-order valence-electron chi connectivity index (χ1n) is 8.83. The Hall–Kier alpha value is -3.60. The highest BCUT2D eigenvalue weighted by atomic mass is 16.5. The summed E-state index contributed by atoms with van der Waals surface area (Å²) in [7, 11) is 0. The van der Waals surface area contributed by atoms with Crippen molar-refractivity contribution in [2.75, 3.05) is 0 Å². The third-order valence-electron chi connectivity index (χ3n) is 4.07. The molecule has 0 radical (unpaired) electrons. The number of nitrogens with zero attached hydrogens (tertiary/aromatic N) is 1. The molecular weight excluding hydrogens is 354 g/mol. The van der Waals surface area contributed by atoms with Crippen LogP contribution >= 0.6 is 0 Å². The topological polar surface area (TPSA) is 68.7 Å². The van der Waals surface area contributed by atoms with E-state index in [2.05, 4.69) is 24.0 Å². The lowest BCUT2D eigenvalue weighted by Gasteiger charge is -2.10. The number of aromatic nitrogens is 1. The van der Waals surface area contributed by atoms with E-state index in [1.807, 2.05) is 31.2 Å². The molecule has 5 heteroatoms. The number of carboxylic acids is 1.